The van der Waals surface area contributed by atoms with Crippen molar-refractivity contribution in [3.05, 3.63) is 53.6 Å². The molecule has 0 saturated heterocycles. The Morgan fingerprint density at radius 2 is 2.15 bits per heavy atom. The van der Waals surface area contributed by atoms with Crippen LogP contribution in [-0.2, 0) is 16.0 Å². The van der Waals surface area contributed by atoms with E-state index in [0.29, 0.717) is 24.4 Å². The summed E-state index contributed by atoms with van der Waals surface area (Å²) in [7, 11) is 0. The van der Waals surface area contributed by atoms with E-state index in [2.05, 4.69) is 21.7 Å². The summed E-state index contributed by atoms with van der Waals surface area (Å²) >= 11 is 1.47. The minimum absolute atomic E-state index is 0.00744. The number of para-hydroxylation sites is 1. The Morgan fingerprint density at radius 1 is 1.31 bits per heavy atom. The Bertz CT molecular complexity index is 996. The summed E-state index contributed by atoms with van der Waals surface area (Å²) in [6.45, 7) is 2.03. The second-order valence-corrected chi connectivity index (χ2v) is 7.66. The number of fused-ring (bicyclic) bond motifs is 2. The molecule has 2 aromatic carbocycles. The predicted molar refractivity (Wildman–Crippen MR) is 104 cm³/mol. The maximum atomic E-state index is 12.3. The number of nitrogens with zero attached hydrogens (tertiary/aromatic N) is 1. The highest BCUT2D eigenvalue weighted by molar-refractivity contribution is 7.22. The van der Waals surface area contributed by atoms with Gasteiger partial charge in [0.25, 0.3) is 0 Å². The number of amides is 2. The summed E-state index contributed by atoms with van der Waals surface area (Å²) in [5, 5.41) is 6.39. The minimum atomic E-state index is -0.173. The van der Waals surface area contributed by atoms with Crippen LogP contribution in [0.4, 0.5) is 10.8 Å². The van der Waals surface area contributed by atoms with Gasteiger partial charge in [0.2, 0.25) is 11.8 Å². The van der Waals surface area contributed by atoms with Crippen molar-refractivity contribution in [1.82, 2.24) is 4.98 Å². The Kier molecular flexibility index (Phi) is 4.42. The number of hydrogen-bond donors (Lipinski definition) is 2. The molecule has 1 aromatic heterocycles. The summed E-state index contributed by atoms with van der Waals surface area (Å²) in [6, 6.07) is 13.8. The average molecular weight is 365 g/mol. The van der Waals surface area contributed by atoms with Crippen LogP contribution in [0, 0.1) is 12.8 Å². The molecule has 26 heavy (non-hydrogen) atoms. The molecule has 0 bridgehead atoms. The molecule has 1 atom stereocenters. The van der Waals surface area contributed by atoms with Gasteiger partial charge >= 0.3 is 0 Å². The minimum Gasteiger partial charge on any atom is -0.326 e. The summed E-state index contributed by atoms with van der Waals surface area (Å²) < 4.78 is 1.06. The predicted octanol–water partition coefficient (Wildman–Crippen LogP) is 4.13. The first-order valence-electron chi connectivity index (χ1n) is 8.64. The number of benzene rings is 2. The third-order valence-corrected chi connectivity index (χ3v) is 5.56. The molecular formula is C20H19N3O2S. The quantitative estimate of drug-likeness (QED) is 0.730. The van der Waals surface area contributed by atoms with Crippen LogP contribution >= 0.6 is 11.3 Å². The van der Waals surface area contributed by atoms with E-state index >= 15 is 0 Å². The Morgan fingerprint density at radius 3 is 3.04 bits per heavy atom. The van der Waals surface area contributed by atoms with Crippen LogP contribution < -0.4 is 10.6 Å². The van der Waals surface area contributed by atoms with Crippen LogP contribution in [0.25, 0.3) is 10.2 Å². The number of aromatic nitrogens is 1. The number of aryl methyl sites for hydroxylation is 1. The highest BCUT2D eigenvalue weighted by Gasteiger charge is 2.26. The number of rotatable bonds is 4. The van der Waals surface area contributed by atoms with E-state index in [1.807, 2.05) is 43.3 Å². The van der Waals surface area contributed by atoms with Crippen molar-refractivity contribution in [1.29, 1.82) is 0 Å². The molecule has 6 heteroatoms. The summed E-state index contributed by atoms with van der Waals surface area (Å²) in [6.07, 6.45) is 1.50. The molecule has 132 valence electrons. The van der Waals surface area contributed by atoms with Gasteiger partial charge in [-0.3, -0.25) is 9.59 Å². The van der Waals surface area contributed by atoms with Crippen LogP contribution in [-0.4, -0.2) is 16.8 Å². The lowest BCUT2D eigenvalue weighted by molar-refractivity contribution is -0.121. The van der Waals surface area contributed by atoms with Crippen molar-refractivity contribution in [3.8, 4) is 0 Å². The summed E-state index contributed by atoms with van der Waals surface area (Å²) in [5.74, 6) is -0.284. The van der Waals surface area contributed by atoms with Gasteiger partial charge in [0, 0.05) is 18.0 Å². The van der Waals surface area contributed by atoms with Crippen molar-refractivity contribution in [2.75, 3.05) is 10.6 Å². The third kappa shape index (κ3) is 3.46. The molecule has 0 saturated carbocycles. The van der Waals surface area contributed by atoms with Crippen LogP contribution in [0.5, 0.6) is 0 Å². The molecule has 2 heterocycles. The van der Waals surface area contributed by atoms with Gasteiger partial charge in [-0.25, -0.2) is 4.98 Å². The topological polar surface area (TPSA) is 71.1 Å². The number of carbonyl (C=O) groups is 2. The highest BCUT2D eigenvalue weighted by atomic mass is 32.1. The monoisotopic (exact) mass is 365 g/mol. The van der Waals surface area contributed by atoms with Gasteiger partial charge < -0.3 is 10.6 Å². The summed E-state index contributed by atoms with van der Waals surface area (Å²) in [4.78, 5) is 28.9. The van der Waals surface area contributed by atoms with Crippen LogP contribution in [0.15, 0.2) is 42.5 Å². The SMILES string of the molecule is Cc1ccc2nc(NC(=O)CC[C@H]3Cc4ccccc4NC3=O)sc2c1. The lowest BCUT2D eigenvalue weighted by atomic mass is 9.89. The first-order chi connectivity index (χ1) is 12.6. The normalized spacial score (nSPS) is 16.2. The molecule has 1 aliphatic heterocycles. The van der Waals surface area contributed by atoms with E-state index in [0.717, 1.165) is 21.5 Å². The van der Waals surface area contributed by atoms with Gasteiger partial charge in [-0.15, -0.1) is 0 Å². The van der Waals surface area contributed by atoms with E-state index in [-0.39, 0.29) is 17.7 Å². The van der Waals surface area contributed by atoms with Crippen LogP contribution in [0.1, 0.15) is 24.0 Å². The molecule has 4 rings (SSSR count). The van der Waals surface area contributed by atoms with E-state index < -0.39 is 0 Å². The number of carbonyl (C=O) groups excluding carboxylic acids is 2. The van der Waals surface area contributed by atoms with Crippen molar-refractivity contribution >= 4 is 44.2 Å². The maximum absolute atomic E-state index is 12.3. The largest absolute Gasteiger partial charge is 0.326 e. The van der Waals surface area contributed by atoms with E-state index in [4.69, 9.17) is 0 Å². The lowest BCUT2D eigenvalue weighted by Crippen LogP contribution is -2.30. The molecule has 0 fully saturated rings. The van der Waals surface area contributed by atoms with Crippen molar-refractivity contribution in [2.45, 2.75) is 26.2 Å². The first-order valence-corrected chi connectivity index (χ1v) is 9.46. The number of anilines is 2. The van der Waals surface area contributed by atoms with E-state index in [1.165, 1.54) is 16.9 Å². The lowest BCUT2D eigenvalue weighted by Gasteiger charge is -2.24. The molecule has 0 unspecified atom stereocenters. The van der Waals surface area contributed by atoms with Crippen molar-refractivity contribution < 1.29 is 9.59 Å². The Labute approximate surface area is 155 Å². The maximum Gasteiger partial charge on any atom is 0.227 e. The van der Waals surface area contributed by atoms with Gasteiger partial charge in [0.15, 0.2) is 5.13 Å². The Balaban J connectivity index is 1.37. The fourth-order valence-electron chi connectivity index (χ4n) is 3.22. The third-order valence-electron chi connectivity index (χ3n) is 4.62. The van der Waals surface area contributed by atoms with Crippen LogP contribution in [0.2, 0.25) is 0 Å². The fourth-order valence-corrected chi connectivity index (χ4v) is 4.20. The van der Waals surface area contributed by atoms with Gasteiger partial charge in [-0.05, 0) is 49.1 Å². The Hall–Kier alpha value is -2.73. The average Bonchev–Trinajstić information content (AvgIpc) is 3.01. The van der Waals surface area contributed by atoms with Crippen LogP contribution in [0.3, 0.4) is 0 Å². The van der Waals surface area contributed by atoms with E-state index in [1.54, 1.807) is 0 Å². The highest BCUT2D eigenvalue weighted by Crippen LogP contribution is 2.29. The molecule has 0 spiro atoms. The smallest absolute Gasteiger partial charge is 0.227 e. The molecule has 0 aliphatic carbocycles. The second-order valence-electron chi connectivity index (χ2n) is 6.62. The first kappa shape index (κ1) is 16.7. The molecule has 2 amide bonds. The van der Waals surface area contributed by atoms with Gasteiger partial charge in [-0.1, -0.05) is 35.6 Å². The van der Waals surface area contributed by atoms with E-state index in [9.17, 15) is 9.59 Å². The number of thiazole rings is 1. The zero-order chi connectivity index (χ0) is 18.1. The summed E-state index contributed by atoms with van der Waals surface area (Å²) in [5.41, 5.74) is 4.06. The molecular weight excluding hydrogens is 346 g/mol. The molecule has 1 aliphatic rings. The van der Waals surface area contributed by atoms with Gasteiger partial charge in [-0.2, -0.15) is 0 Å². The van der Waals surface area contributed by atoms with Crippen molar-refractivity contribution in [2.24, 2.45) is 5.92 Å². The molecule has 0 radical (unpaired) electrons. The number of hydrogen-bond acceptors (Lipinski definition) is 4. The second kappa shape index (κ2) is 6.88. The fraction of sp³-hybridized carbons (Fsp3) is 0.250. The molecule has 3 aromatic rings. The zero-order valence-corrected chi connectivity index (χ0v) is 15.2. The van der Waals surface area contributed by atoms with Crippen molar-refractivity contribution in [3.63, 3.8) is 0 Å². The van der Waals surface area contributed by atoms with Gasteiger partial charge in [0.05, 0.1) is 10.2 Å². The van der Waals surface area contributed by atoms with Gasteiger partial charge in [0.1, 0.15) is 0 Å². The molecule has 2 N–H and O–H groups in total. The molecule has 5 nitrogen and oxygen atoms in total. The number of nitrogens with one attached hydrogen (secondary N) is 2. The zero-order valence-electron chi connectivity index (χ0n) is 14.4. The standard InChI is InChI=1S/C20H19N3O2S/c1-12-6-8-16-17(10-12)26-20(22-16)23-18(24)9-7-14-11-13-4-2-3-5-15(13)21-19(14)25/h2-6,8,10,14H,7,9,11H2,1H3,(H,21,25)(H,22,23,24)/t14-/m0/s1.